The molecule has 7 heteroatoms. The maximum Gasteiger partial charge on any atom is 0.339 e. The molecule has 0 saturated carbocycles. The summed E-state index contributed by atoms with van der Waals surface area (Å²) in [6, 6.07) is 3.12. The molecular weight excluding hydrogens is 328 g/mol. The van der Waals surface area contributed by atoms with Crippen molar-refractivity contribution in [3.63, 3.8) is 0 Å². The molecule has 0 atom stereocenters. The Kier molecular flexibility index (Phi) is 3.99. The van der Waals surface area contributed by atoms with Crippen molar-refractivity contribution in [1.82, 2.24) is 9.88 Å². The monoisotopic (exact) mass is 340 g/mol. The topological polar surface area (TPSA) is 84.5 Å². The van der Waals surface area contributed by atoms with Crippen molar-refractivity contribution in [3.8, 4) is 0 Å². The second-order valence-corrected chi connectivity index (χ2v) is 5.24. The Bertz CT molecular complexity index is 672. The second kappa shape index (κ2) is 5.54. The van der Waals surface area contributed by atoms with Gasteiger partial charge >= 0.3 is 5.97 Å². The van der Waals surface area contributed by atoms with E-state index in [2.05, 4.69) is 21.2 Å². The largest absolute Gasteiger partial charge is 0.478 e. The first kappa shape index (κ1) is 14.4. The zero-order valence-electron chi connectivity index (χ0n) is 10.9. The number of furan rings is 1. The molecule has 2 N–H and O–H groups in total. The van der Waals surface area contributed by atoms with Gasteiger partial charge in [-0.25, -0.2) is 4.79 Å². The summed E-state index contributed by atoms with van der Waals surface area (Å²) < 4.78 is 7.79. The molecule has 2 aromatic rings. The van der Waals surface area contributed by atoms with E-state index in [0.717, 1.165) is 4.47 Å². The minimum Gasteiger partial charge on any atom is -0.478 e. The molecule has 0 unspecified atom stereocenters. The van der Waals surface area contributed by atoms with Gasteiger partial charge in [-0.05, 0) is 35.0 Å². The number of hydrogen-bond donors (Lipinski definition) is 2. The first-order valence-electron chi connectivity index (χ1n) is 5.81. The van der Waals surface area contributed by atoms with Crippen molar-refractivity contribution in [3.05, 3.63) is 45.6 Å². The van der Waals surface area contributed by atoms with E-state index in [-0.39, 0.29) is 18.0 Å². The number of halogens is 1. The number of carbonyl (C=O) groups is 2. The molecule has 0 saturated heterocycles. The normalized spacial score (nSPS) is 10.6. The van der Waals surface area contributed by atoms with Crippen LogP contribution in [0.15, 0.2) is 27.2 Å². The van der Waals surface area contributed by atoms with Crippen LogP contribution in [0, 0.1) is 6.92 Å². The lowest BCUT2D eigenvalue weighted by Gasteiger charge is -2.03. The predicted molar refractivity (Wildman–Crippen MR) is 74.7 cm³/mol. The molecule has 2 aromatic heterocycles. The number of hydrogen-bond acceptors (Lipinski definition) is 3. The van der Waals surface area contributed by atoms with Crippen LogP contribution in [0.1, 0.15) is 32.4 Å². The summed E-state index contributed by atoms with van der Waals surface area (Å²) in [7, 11) is 1.76. The quantitative estimate of drug-likeness (QED) is 0.894. The van der Waals surface area contributed by atoms with E-state index in [0.29, 0.717) is 17.2 Å². The lowest BCUT2D eigenvalue weighted by Crippen LogP contribution is -2.24. The molecule has 0 spiro atoms. The number of nitrogens with zero attached hydrogens (tertiary/aromatic N) is 1. The molecule has 0 bridgehead atoms. The third kappa shape index (κ3) is 2.93. The van der Waals surface area contributed by atoms with Gasteiger partial charge in [0.2, 0.25) is 0 Å². The fourth-order valence-electron chi connectivity index (χ4n) is 1.85. The van der Waals surface area contributed by atoms with E-state index < -0.39 is 5.97 Å². The standard InChI is InChI=1S/C13H13BrN2O4/c1-7-10(13(18)19)4-9(20-7)5-15-12(17)11-3-8(14)6-16(11)2/h3-4,6H,5H2,1-2H3,(H,15,17)(H,18,19). The number of carboxylic acids is 1. The second-order valence-electron chi connectivity index (χ2n) is 4.32. The van der Waals surface area contributed by atoms with Gasteiger partial charge < -0.3 is 19.4 Å². The van der Waals surface area contributed by atoms with Crippen molar-refractivity contribution in [2.75, 3.05) is 0 Å². The number of aromatic carboxylic acids is 1. The van der Waals surface area contributed by atoms with Crippen LogP contribution in [-0.2, 0) is 13.6 Å². The smallest absolute Gasteiger partial charge is 0.339 e. The number of aryl methyl sites for hydroxylation is 2. The highest BCUT2D eigenvalue weighted by molar-refractivity contribution is 9.10. The van der Waals surface area contributed by atoms with E-state index in [9.17, 15) is 9.59 Å². The Morgan fingerprint density at radius 3 is 2.65 bits per heavy atom. The Morgan fingerprint density at radius 2 is 2.15 bits per heavy atom. The van der Waals surface area contributed by atoms with Crippen LogP contribution in [-0.4, -0.2) is 21.6 Å². The summed E-state index contributed by atoms with van der Waals surface area (Å²) in [6.07, 6.45) is 1.77. The average Bonchev–Trinajstić information content (AvgIpc) is 2.89. The SMILES string of the molecule is Cc1oc(CNC(=O)c2cc(Br)cn2C)cc1C(=O)O. The Labute approximate surface area is 123 Å². The molecule has 0 aliphatic carbocycles. The molecule has 20 heavy (non-hydrogen) atoms. The zero-order valence-corrected chi connectivity index (χ0v) is 12.5. The number of carbonyl (C=O) groups excluding carboxylic acids is 1. The van der Waals surface area contributed by atoms with E-state index >= 15 is 0 Å². The Balaban J connectivity index is 2.05. The third-order valence-corrected chi connectivity index (χ3v) is 3.26. The van der Waals surface area contributed by atoms with Crippen molar-refractivity contribution in [1.29, 1.82) is 0 Å². The fraction of sp³-hybridized carbons (Fsp3) is 0.231. The van der Waals surface area contributed by atoms with Crippen LogP contribution in [0.25, 0.3) is 0 Å². The highest BCUT2D eigenvalue weighted by atomic mass is 79.9. The van der Waals surface area contributed by atoms with Crippen LogP contribution in [0.4, 0.5) is 0 Å². The minimum absolute atomic E-state index is 0.107. The van der Waals surface area contributed by atoms with Gasteiger partial charge in [-0.15, -0.1) is 0 Å². The zero-order chi connectivity index (χ0) is 14.9. The van der Waals surface area contributed by atoms with Gasteiger partial charge in [0.05, 0.1) is 6.54 Å². The molecule has 106 valence electrons. The van der Waals surface area contributed by atoms with Crippen LogP contribution in [0.5, 0.6) is 0 Å². The highest BCUT2D eigenvalue weighted by Crippen LogP contribution is 2.16. The molecule has 1 amide bonds. The van der Waals surface area contributed by atoms with Crippen LogP contribution in [0.2, 0.25) is 0 Å². The molecule has 0 radical (unpaired) electrons. The van der Waals surface area contributed by atoms with Gasteiger partial charge in [0, 0.05) is 17.7 Å². The van der Waals surface area contributed by atoms with Crippen LogP contribution in [0.3, 0.4) is 0 Å². The van der Waals surface area contributed by atoms with Gasteiger partial charge in [0.1, 0.15) is 22.8 Å². The lowest BCUT2D eigenvalue weighted by atomic mass is 10.2. The number of rotatable bonds is 4. The van der Waals surface area contributed by atoms with Gasteiger partial charge in [0.15, 0.2) is 0 Å². The first-order valence-corrected chi connectivity index (χ1v) is 6.60. The Morgan fingerprint density at radius 1 is 1.45 bits per heavy atom. The summed E-state index contributed by atoms with van der Waals surface area (Å²) in [5.74, 6) is -0.579. The molecule has 2 heterocycles. The first-order chi connectivity index (χ1) is 9.38. The fourth-order valence-corrected chi connectivity index (χ4v) is 2.38. The molecule has 2 rings (SSSR count). The lowest BCUT2D eigenvalue weighted by molar-refractivity contribution is 0.0694. The van der Waals surface area contributed by atoms with Gasteiger partial charge in [-0.1, -0.05) is 0 Å². The number of amides is 1. The summed E-state index contributed by atoms with van der Waals surface area (Å²) >= 11 is 3.29. The van der Waals surface area contributed by atoms with E-state index in [1.54, 1.807) is 30.8 Å². The minimum atomic E-state index is -1.05. The van der Waals surface area contributed by atoms with Crippen LogP contribution >= 0.6 is 15.9 Å². The van der Waals surface area contributed by atoms with Gasteiger partial charge in [-0.3, -0.25) is 4.79 Å². The summed E-state index contributed by atoms with van der Waals surface area (Å²) in [5, 5.41) is 11.6. The summed E-state index contributed by atoms with van der Waals surface area (Å²) in [4.78, 5) is 22.9. The highest BCUT2D eigenvalue weighted by Gasteiger charge is 2.15. The molecule has 0 aliphatic rings. The molecule has 6 nitrogen and oxygen atoms in total. The van der Waals surface area contributed by atoms with E-state index in [1.807, 2.05) is 0 Å². The average molecular weight is 341 g/mol. The number of nitrogens with one attached hydrogen (secondary N) is 1. The predicted octanol–water partition coefficient (Wildman–Crippen LogP) is 2.32. The number of aromatic nitrogens is 1. The molecule has 0 fully saturated rings. The van der Waals surface area contributed by atoms with Crippen LogP contribution < -0.4 is 5.32 Å². The third-order valence-electron chi connectivity index (χ3n) is 2.83. The van der Waals surface area contributed by atoms with Crippen molar-refractivity contribution >= 4 is 27.8 Å². The van der Waals surface area contributed by atoms with Gasteiger partial charge in [0.25, 0.3) is 5.91 Å². The van der Waals surface area contributed by atoms with E-state index in [1.165, 1.54) is 6.07 Å². The maximum absolute atomic E-state index is 12.0. The molecule has 0 aromatic carbocycles. The summed E-state index contributed by atoms with van der Waals surface area (Å²) in [6.45, 7) is 1.71. The van der Waals surface area contributed by atoms with Crippen molar-refractivity contribution in [2.24, 2.45) is 7.05 Å². The van der Waals surface area contributed by atoms with E-state index in [4.69, 9.17) is 9.52 Å². The van der Waals surface area contributed by atoms with Crippen molar-refractivity contribution in [2.45, 2.75) is 13.5 Å². The number of carboxylic acid groups (broad SMARTS) is 1. The molecular formula is C13H13BrN2O4. The molecule has 0 aliphatic heterocycles. The van der Waals surface area contributed by atoms with Crippen molar-refractivity contribution < 1.29 is 19.1 Å². The summed E-state index contributed by atoms with van der Waals surface area (Å²) in [5.41, 5.74) is 0.606. The maximum atomic E-state index is 12.0. The Hall–Kier alpha value is -2.02. The van der Waals surface area contributed by atoms with Gasteiger partial charge in [-0.2, -0.15) is 0 Å².